The largest absolute Gasteiger partial charge is 0.483 e. The summed E-state index contributed by atoms with van der Waals surface area (Å²) in [6, 6.07) is 15.3. The smallest absolute Gasteiger partial charge is 0.276 e. The number of rotatable bonds is 6. The summed E-state index contributed by atoms with van der Waals surface area (Å²) in [6.45, 7) is 6.88. The quantitative estimate of drug-likeness (QED) is 0.594. The Morgan fingerprint density at radius 3 is 2.50 bits per heavy atom. The molecular weight excluding hydrogens is 474 g/mol. The molecule has 0 aromatic heterocycles. The van der Waals surface area contributed by atoms with Gasteiger partial charge in [0, 0.05) is 19.5 Å². The number of nitrogens with one attached hydrogen (secondary N) is 2. The van der Waals surface area contributed by atoms with Crippen molar-refractivity contribution in [1.82, 2.24) is 15.8 Å². The van der Waals surface area contributed by atoms with Crippen LogP contribution in [0.1, 0.15) is 38.3 Å². The van der Waals surface area contributed by atoms with Crippen LogP contribution in [0.5, 0.6) is 5.75 Å². The van der Waals surface area contributed by atoms with Crippen LogP contribution in [0.25, 0.3) is 0 Å². The number of nitrogens with zero attached hydrogens (tertiary/aromatic N) is 1. The zero-order valence-electron chi connectivity index (χ0n) is 18.5. The maximum atomic E-state index is 12.4. The number of hydrazine groups is 1. The van der Waals surface area contributed by atoms with Crippen molar-refractivity contribution in [3.8, 4) is 5.75 Å². The van der Waals surface area contributed by atoms with E-state index in [1.54, 1.807) is 4.90 Å². The second-order valence-electron chi connectivity index (χ2n) is 8.88. The summed E-state index contributed by atoms with van der Waals surface area (Å²) in [4.78, 5) is 38.4. The topological polar surface area (TPSA) is 87.7 Å². The minimum Gasteiger partial charge on any atom is -0.483 e. The van der Waals surface area contributed by atoms with Gasteiger partial charge in [0.05, 0.1) is 10.4 Å². The third-order valence-electron chi connectivity index (χ3n) is 5.28. The second-order valence-corrected chi connectivity index (χ2v) is 9.74. The number of benzene rings is 2. The molecule has 2 aromatic carbocycles. The van der Waals surface area contributed by atoms with Crippen LogP contribution in [0.2, 0.25) is 0 Å². The Hall–Kier alpha value is -2.87. The van der Waals surface area contributed by atoms with Crippen LogP contribution in [0.4, 0.5) is 0 Å². The van der Waals surface area contributed by atoms with Crippen molar-refractivity contribution >= 4 is 33.7 Å². The van der Waals surface area contributed by atoms with E-state index in [0.29, 0.717) is 18.8 Å². The molecule has 7 nitrogen and oxygen atoms in total. The van der Waals surface area contributed by atoms with Gasteiger partial charge >= 0.3 is 0 Å². The monoisotopic (exact) mass is 501 g/mol. The molecule has 3 amide bonds. The van der Waals surface area contributed by atoms with Crippen LogP contribution in [0.15, 0.2) is 53.0 Å². The lowest BCUT2D eigenvalue weighted by molar-refractivity contribution is -0.132. The van der Waals surface area contributed by atoms with Crippen LogP contribution in [-0.2, 0) is 26.3 Å². The maximum Gasteiger partial charge on any atom is 0.276 e. The molecule has 2 N–H and O–H groups in total. The Balaban J connectivity index is 1.44. The van der Waals surface area contributed by atoms with E-state index < -0.39 is 17.7 Å². The number of hydrogen-bond acceptors (Lipinski definition) is 4. The van der Waals surface area contributed by atoms with Gasteiger partial charge in [-0.2, -0.15) is 0 Å². The van der Waals surface area contributed by atoms with Gasteiger partial charge in [0.25, 0.3) is 5.91 Å². The molecule has 1 fully saturated rings. The van der Waals surface area contributed by atoms with Crippen LogP contribution in [0.3, 0.4) is 0 Å². The third kappa shape index (κ3) is 6.32. The van der Waals surface area contributed by atoms with Crippen LogP contribution < -0.4 is 15.6 Å². The van der Waals surface area contributed by atoms with Gasteiger partial charge in [-0.3, -0.25) is 25.2 Å². The summed E-state index contributed by atoms with van der Waals surface area (Å²) in [7, 11) is 0. The van der Waals surface area contributed by atoms with Gasteiger partial charge in [0.15, 0.2) is 6.61 Å². The molecule has 1 heterocycles. The lowest BCUT2D eigenvalue weighted by atomic mass is 9.87. The van der Waals surface area contributed by atoms with E-state index in [1.807, 2.05) is 48.5 Å². The van der Waals surface area contributed by atoms with Crippen molar-refractivity contribution < 1.29 is 19.1 Å². The highest BCUT2D eigenvalue weighted by Crippen LogP contribution is 2.31. The number of amides is 3. The van der Waals surface area contributed by atoms with Crippen molar-refractivity contribution in [2.24, 2.45) is 5.92 Å². The highest BCUT2D eigenvalue weighted by molar-refractivity contribution is 9.10. The van der Waals surface area contributed by atoms with Crippen molar-refractivity contribution in [3.05, 3.63) is 64.1 Å². The minimum absolute atomic E-state index is 0.000996. The molecule has 1 saturated heterocycles. The number of likely N-dealkylation sites (tertiary alicyclic amines) is 1. The summed E-state index contributed by atoms with van der Waals surface area (Å²) in [6.07, 6.45) is 0.123. The standard InChI is InChI=1S/C24H28BrN3O4/c1-24(2,3)18-9-10-20(19(25)12-18)32-15-21(29)26-27-23(31)17-11-22(30)28(14-17)13-16-7-5-4-6-8-16/h4-10,12,17H,11,13-15H2,1-3H3,(H,26,29)(H,27,31). The van der Waals surface area contributed by atoms with Crippen molar-refractivity contribution in [1.29, 1.82) is 0 Å². The minimum atomic E-state index is -0.508. The predicted octanol–water partition coefficient (Wildman–Crippen LogP) is 3.32. The molecule has 0 bridgehead atoms. The van der Waals surface area contributed by atoms with E-state index in [4.69, 9.17) is 4.74 Å². The van der Waals surface area contributed by atoms with E-state index in [0.717, 1.165) is 15.6 Å². The molecule has 32 heavy (non-hydrogen) atoms. The van der Waals surface area contributed by atoms with Crippen LogP contribution in [0, 0.1) is 5.92 Å². The molecule has 1 aliphatic heterocycles. The Morgan fingerprint density at radius 1 is 1.12 bits per heavy atom. The highest BCUT2D eigenvalue weighted by Gasteiger charge is 2.34. The Morgan fingerprint density at radius 2 is 1.84 bits per heavy atom. The molecule has 170 valence electrons. The van der Waals surface area contributed by atoms with Crippen LogP contribution in [-0.4, -0.2) is 35.8 Å². The lowest BCUT2D eigenvalue weighted by Gasteiger charge is -2.20. The molecule has 8 heteroatoms. The summed E-state index contributed by atoms with van der Waals surface area (Å²) in [5, 5.41) is 0. The first-order valence-electron chi connectivity index (χ1n) is 10.5. The van der Waals surface area contributed by atoms with Gasteiger partial charge < -0.3 is 9.64 Å². The van der Waals surface area contributed by atoms with E-state index >= 15 is 0 Å². The van der Waals surface area contributed by atoms with Crippen molar-refractivity contribution in [2.75, 3.05) is 13.2 Å². The molecule has 0 spiro atoms. The lowest BCUT2D eigenvalue weighted by Crippen LogP contribution is -2.46. The second kappa shape index (κ2) is 10.2. The third-order valence-corrected chi connectivity index (χ3v) is 5.90. The van der Waals surface area contributed by atoms with E-state index in [2.05, 4.69) is 47.6 Å². The highest BCUT2D eigenvalue weighted by atomic mass is 79.9. The first kappa shape index (κ1) is 23.8. The first-order chi connectivity index (χ1) is 15.1. The van der Waals surface area contributed by atoms with Crippen molar-refractivity contribution in [3.63, 3.8) is 0 Å². The molecule has 0 saturated carbocycles. The number of carbonyl (C=O) groups is 3. The molecule has 1 unspecified atom stereocenters. The molecule has 0 radical (unpaired) electrons. The molecule has 0 aliphatic carbocycles. The summed E-state index contributed by atoms with van der Waals surface area (Å²) in [5.74, 6) is -0.926. The molecule has 2 aromatic rings. The van der Waals surface area contributed by atoms with Gasteiger partial charge in [0.1, 0.15) is 5.75 Å². The molecule has 3 rings (SSSR count). The molecular formula is C24H28BrN3O4. The fourth-order valence-corrected chi connectivity index (χ4v) is 3.89. The predicted molar refractivity (Wildman–Crippen MR) is 125 cm³/mol. The Bertz CT molecular complexity index is 988. The van der Waals surface area contributed by atoms with Gasteiger partial charge in [-0.05, 0) is 44.6 Å². The number of ether oxygens (including phenoxy) is 1. The molecule has 1 aliphatic rings. The number of carbonyl (C=O) groups excluding carboxylic acids is 3. The van der Waals surface area contributed by atoms with Crippen LogP contribution >= 0.6 is 15.9 Å². The van der Waals surface area contributed by atoms with Gasteiger partial charge in [-0.15, -0.1) is 0 Å². The van der Waals surface area contributed by atoms with E-state index in [1.165, 1.54) is 0 Å². The zero-order chi connectivity index (χ0) is 23.3. The van der Waals surface area contributed by atoms with Gasteiger partial charge in [-0.1, -0.05) is 57.2 Å². The van der Waals surface area contributed by atoms with E-state index in [9.17, 15) is 14.4 Å². The fraction of sp³-hybridized carbons (Fsp3) is 0.375. The SMILES string of the molecule is CC(C)(C)c1ccc(OCC(=O)NNC(=O)C2CC(=O)N(Cc3ccccc3)C2)c(Br)c1. The average molecular weight is 502 g/mol. The summed E-state index contributed by atoms with van der Waals surface area (Å²) >= 11 is 3.47. The normalized spacial score (nSPS) is 16.1. The Kier molecular flexibility index (Phi) is 7.56. The van der Waals surface area contributed by atoms with Gasteiger partial charge in [0.2, 0.25) is 11.8 Å². The number of hydrogen-bond donors (Lipinski definition) is 2. The zero-order valence-corrected chi connectivity index (χ0v) is 20.1. The van der Waals surface area contributed by atoms with Gasteiger partial charge in [-0.25, -0.2) is 0 Å². The number of halogens is 1. The maximum absolute atomic E-state index is 12.4. The molecule has 1 atom stereocenters. The van der Waals surface area contributed by atoms with Crippen molar-refractivity contribution in [2.45, 2.75) is 39.2 Å². The first-order valence-corrected chi connectivity index (χ1v) is 11.3. The average Bonchev–Trinajstić information content (AvgIpc) is 3.11. The Labute approximate surface area is 196 Å². The summed E-state index contributed by atoms with van der Waals surface area (Å²) < 4.78 is 6.31. The van der Waals surface area contributed by atoms with E-state index in [-0.39, 0.29) is 24.3 Å². The summed E-state index contributed by atoms with van der Waals surface area (Å²) in [5.41, 5.74) is 6.90. The fourth-order valence-electron chi connectivity index (χ4n) is 3.40.